The minimum absolute atomic E-state index is 0.0439. The van der Waals surface area contributed by atoms with E-state index in [9.17, 15) is 13.2 Å². The highest BCUT2D eigenvalue weighted by atomic mass is 32.2. The lowest BCUT2D eigenvalue weighted by molar-refractivity contribution is 0.0833. The van der Waals surface area contributed by atoms with E-state index in [-0.39, 0.29) is 27.1 Å². The van der Waals surface area contributed by atoms with Gasteiger partial charge in [-0.3, -0.25) is 4.79 Å². The largest absolute Gasteiger partial charge is 0.396 e. The fourth-order valence-electron chi connectivity index (χ4n) is 1.94. The van der Waals surface area contributed by atoms with Gasteiger partial charge in [0, 0.05) is 27.2 Å². The number of rotatable bonds is 6. The molecule has 0 saturated carbocycles. The Labute approximate surface area is 130 Å². The number of carbonyl (C=O) groups excluding carboxylic acids is 1. The van der Waals surface area contributed by atoms with Crippen LogP contribution in [0.2, 0.25) is 0 Å². The first-order valence-electron chi connectivity index (χ1n) is 6.82. The molecule has 0 aliphatic carbocycles. The summed E-state index contributed by atoms with van der Waals surface area (Å²) in [5, 5.41) is 0.560. The van der Waals surface area contributed by atoms with Crippen LogP contribution in [0, 0.1) is 0 Å². The smallest absolute Gasteiger partial charge is 0.265 e. The van der Waals surface area contributed by atoms with Gasteiger partial charge in [0.1, 0.15) is 14.8 Å². The fourth-order valence-corrected chi connectivity index (χ4v) is 4.90. The highest BCUT2D eigenvalue weighted by Gasteiger charge is 2.31. The molecule has 0 aliphatic rings. The molecule has 1 aromatic heterocycles. The van der Waals surface area contributed by atoms with Crippen molar-refractivity contribution in [2.24, 2.45) is 0 Å². The van der Waals surface area contributed by atoms with Gasteiger partial charge in [-0.25, -0.2) is 8.42 Å². The van der Waals surface area contributed by atoms with E-state index < -0.39 is 9.84 Å². The Morgan fingerprint density at radius 3 is 2.10 bits per heavy atom. The molecule has 21 heavy (non-hydrogen) atoms. The lowest BCUT2D eigenvalue weighted by Gasteiger charge is -2.20. The third-order valence-electron chi connectivity index (χ3n) is 3.22. The number of hydrogen-bond acceptors (Lipinski definition) is 6. The normalized spacial score (nSPS) is 11.5. The van der Waals surface area contributed by atoms with Crippen LogP contribution in [0.25, 0.3) is 0 Å². The van der Waals surface area contributed by atoms with Crippen LogP contribution in [-0.2, 0) is 9.84 Å². The van der Waals surface area contributed by atoms with Crippen molar-refractivity contribution in [2.45, 2.75) is 25.7 Å². The highest BCUT2D eigenvalue weighted by Crippen LogP contribution is 2.42. The van der Waals surface area contributed by atoms with E-state index in [2.05, 4.69) is 0 Å². The molecule has 6 nitrogen and oxygen atoms in total. The maximum atomic E-state index is 12.4. The topological polar surface area (TPSA) is 83.7 Å². The summed E-state index contributed by atoms with van der Waals surface area (Å²) in [5.41, 5.74) is 6.08. The van der Waals surface area contributed by atoms with Gasteiger partial charge in [-0.1, -0.05) is 6.92 Å². The van der Waals surface area contributed by atoms with Gasteiger partial charge in [0.25, 0.3) is 5.91 Å². The van der Waals surface area contributed by atoms with Crippen LogP contribution in [-0.4, -0.2) is 52.2 Å². The van der Waals surface area contributed by atoms with Crippen LogP contribution >= 0.6 is 11.3 Å². The Kier molecular flexibility index (Phi) is 5.63. The molecule has 8 heteroatoms. The molecule has 0 saturated heterocycles. The zero-order chi connectivity index (χ0) is 16.4. The molecule has 120 valence electrons. The summed E-state index contributed by atoms with van der Waals surface area (Å²) in [6.45, 7) is 6.76. The van der Waals surface area contributed by atoms with E-state index in [4.69, 9.17) is 5.73 Å². The number of hydrogen-bond donors (Lipinski definition) is 1. The number of anilines is 2. The predicted octanol–water partition coefficient (Wildman–Crippen LogP) is 1.67. The third-order valence-corrected chi connectivity index (χ3v) is 6.40. The summed E-state index contributed by atoms with van der Waals surface area (Å²) in [5.74, 6) is -0.318. The van der Waals surface area contributed by atoms with Crippen LogP contribution in [0.3, 0.4) is 0 Å². The van der Waals surface area contributed by atoms with Crippen molar-refractivity contribution < 1.29 is 13.2 Å². The van der Waals surface area contributed by atoms with Gasteiger partial charge in [0.05, 0.1) is 11.4 Å². The van der Waals surface area contributed by atoms with Crippen LogP contribution in [0.15, 0.2) is 4.90 Å². The van der Waals surface area contributed by atoms with Gasteiger partial charge >= 0.3 is 0 Å². The molecule has 1 heterocycles. The molecular formula is C13H23N3O3S2. The minimum Gasteiger partial charge on any atom is -0.396 e. The molecule has 0 aliphatic heterocycles. The molecule has 2 N–H and O–H groups in total. The number of nitrogens with two attached hydrogens (primary N) is 1. The Hall–Kier alpha value is -1.28. The van der Waals surface area contributed by atoms with Gasteiger partial charge < -0.3 is 15.5 Å². The molecule has 1 amide bonds. The molecule has 0 bridgehead atoms. The van der Waals surface area contributed by atoms with E-state index in [0.29, 0.717) is 18.1 Å². The molecular weight excluding hydrogens is 310 g/mol. The van der Waals surface area contributed by atoms with Crippen molar-refractivity contribution in [3.8, 4) is 0 Å². The van der Waals surface area contributed by atoms with Gasteiger partial charge in [-0.15, -0.1) is 11.3 Å². The van der Waals surface area contributed by atoms with Crippen LogP contribution in [0.5, 0.6) is 0 Å². The van der Waals surface area contributed by atoms with Crippen molar-refractivity contribution >= 4 is 37.8 Å². The molecule has 0 aromatic carbocycles. The average Bonchev–Trinajstić information content (AvgIpc) is 2.77. The number of sulfone groups is 1. The van der Waals surface area contributed by atoms with E-state index in [1.54, 1.807) is 21.0 Å². The van der Waals surface area contributed by atoms with Gasteiger partial charge in [-0.05, 0) is 13.8 Å². The molecule has 0 spiro atoms. The monoisotopic (exact) mass is 333 g/mol. The first kappa shape index (κ1) is 17.8. The maximum absolute atomic E-state index is 12.4. The van der Waals surface area contributed by atoms with Crippen molar-refractivity contribution in [2.75, 3.05) is 43.6 Å². The second-order valence-electron chi connectivity index (χ2n) is 4.75. The van der Waals surface area contributed by atoms with Crippen LogP contribution in [0.4, 0.5) is 10.7 Å². The lowest BCUT2D eigenvalue weighted by atomic mass is 10.3. The fraction of sp³-hybridized carbons (Fsp3) is 0.615. The lowest BCUT2D eigenvalue weighted by Crippen LogP contribution is -2.23. The van der Waals surface area contributed by atoms with Crippen molar-refractivity contribution in [3.63, 3.8) is 0 Å². The summed E-state index contributed by atoms with van der Waals surface area (Å²) in [4.78, 5) is 15.9. The standard InChI is InChI=1S/C13H23N3O3S2/c1-6-16(7-2)13-11(21(18,19)8-3)9(14)10(20-13)12(17)15(4)5/h6-8,14H2,1-5H3. The second kappa shape index (κ2) is 6.65. The van der Waals surface area contributed by atoms with E-state index in [1.807, 2.05) is 18.7 Å². The Morgan fingerprint density at radius 2 is 1.71 bits per heavy atom. The van der Waals surface area contributed by atoms with E-state index in [1.165, 1.54) is 4.90 Å². The molecule has 0 unspecified atom stereocenters. The minimum atomic E-state index is -3.49. The zero-order valence-corrected chi connectivity index (χ0v) is 14.8. The van der Waals surface area contributed by atoms with Crippen molar-refractivity contribution in [1.29, 1.82) is 0 Å². The first-order valence-corrected chi connectivity index (χ1v) is 9.29. The van der Waals surface area contributed by atoms with Crippen molar-refractivity contribution in [3.05, 3.63) is 4.88 Å². The summed E-state index contributed by atoms with van der Waals surface area (Å²) in [6.07, 6.45) is 0. The van der Waals surface area contributed by atoms with Crippen molar-refractivity contribution in [1.82, 2.24) is 4.90 Å². The first-order chi connectivity index (χ1) is 9.71. The average molecular weight is 333 g/mol. The van der Waals surface area contributed by atoms with E-state index in [0.717, 1.165) is 11.3 Å². The third kappa shape index (κ3) is 3.32. The molecule has 0 atom stereocenters. The Bertz CT molecular complexity index is 617. The van der Waals surface area contributed by atoms with Crippen LogP contribution in [0.1, 0.15) is 30.4 Å². The molecule has 0 radical (unpaired) electrons. The number of nitrogen functional groups attached to an aromatic ring is 1. The van der Waals surface area contributed by atoms with E-state index >= 15 is 0 Å². The summed E-state index contributed by atoms with van der Waals surface area (Å²) in [7, 11) is -0.255. The van der Waals surface area contributed by atoms with Gasteiger partial charge in [0.2, 0.25) is 0 Å². The second-order valence-corrected chi connectivity index (χ2v) is 7.97. The summed E-state index contributed by atoms with van der Waals surface area (Å²) in [6, 6.07) is 0. The summed E-state index contributed by atoms with van der Waals surface area (Å²) >= 11 is 1.15. The quantitative estimate of drug-likeness (QED) is 0.856. The number of nitrogens with zero attached hydrogens (tertiary/aromatic N) is 2. The molecule has 1 rings (SSSR count). The van der Waals surface area contributed by atoms with Gasteiger partial charge in [-0.2, -0.15) is 0 Å². The Balaban J connectivity index is 3.63. The molecule has 0 fully saturated rings. The number of carbonyl (C=O) groups is 1. The van der Waals surface area contributed by atoms with Gasteiger partial charge in [0.15, 0.2) is 9.84 Å². The zero-order valence-electron chi connectivity index (χ0n) is 13.1. The number of amides is 1. The molecule has 1 aromatic rings. The maximum Gasteiger partial charge on any atom is 0.265 e. The SMILES string of the molecule is CCN(CC)c1sc(C(=O)N(C)C)c(N)c1S(=O)(=O)CC. The summed E-state index contributed by atoms with van der Waals surface area (Å²) < 4.78 is 24.7. The predicted molar refractivity (Wildman–Crippen MR) is 88.0 cm³/mol. The number of thiophene rings is 1. The highest BCUT2D eigenvalue weighted by molar-refractivity contribution is 7.92. The Morgan fingerprint density at radius 1 is 1.19 bits per heavy atom. The van der Waals surface area contributed by atoms with Crippen LogP contribution < -0.4 is 10.6 Å².